The maximum absolute atomic E-state index is 13.0. The van der Waals surface area contributed by atoms with Gasteiger partial charge in [-0.25, -0.2) is 0 Å². The van der Waals surface area contributed by atoms with E-state index in [9.17, 15) is 9.50 Å². The van der Waals surface area contributed by atoms with Crippen LogP contribution in [0.25, 0.3) is 0 Å². The zero-order valence-electron chi connectivity index (χ0n) is 19.9. The molecule has 0 radical (unpaired) electrons. The van der Waals surface area contributed by atoms with Crippen molar-refractivity contribution in [1.29, 1.82) is 0 Å². The molecule has 2 aliphatic rings. The lowest BCUT2D eigenvalue weighted by molar-refractivity contribution is 0.165. The van der Waals surface area contributed by atoms with Crippen molar-refractivity contribution in [2.24, 2.45) is 5.92 Å². The summed E-state index contributed by atoms with van der Waals surface area (Å²) in [5.74, 6) is 2.02. The predicted octanol–water partition coefficient (Wildman–Crippen LogP) is 6.31. The number of benzene rings is 3. The standard InChI is InChI=1S/C30H34FNO2/c1-21(32-16-15-22(18-31)19-32)20-34-27-11-7-24(8-12-27)30-28(23-5-3-2-4-6-23)13-9-25-17-26(33)10-14-29(25)30/h2-8,10-12,14,17,21-22,28,30,33H,9,13,15-16,18-20H2,1H3/t21?,22?,28-,30+/m1/s1. The van der Waals surface area contributed by atoms with Gasteiger partial charge in [-0.2, -0.15) is 0 Å². The molecule has 1 N–H and O–H groups in total. The summed E-state index contributed by atoms with van der Waals surface area (Å²) in [6.45, 7) is 4.33. The molecule has 3 aromatic rings. The quantitative estimate of drug-likeness (QED) is 0.449. The molecule has 4 heteroatoms. The molecule has 178 valence electrons. The van der Waals surface area contributed by atoms with Gasteiger partial charge in [-0.3, -0.25) is 9.29 Å². The maximum Gasteiger partial charge on any atom is 0.119 e. The van der Waals surface area contributed by atoms with Crippen LogP contribution in [-0.4, -0.2) is 42.4 Å². The Kier molecular flexibility index (Phi) is 6.87. The van der Waals surface area contributed by atoms with E-state index in [2.05, 4.69) is 72.5 Å². The SMILES string of the molecule is CC(COc1ccc([C@@H]2c3ccc(O)cc3CC[C@@H]2c2ccccc2)cc1)N1CCC(CF)C1. The third kappa shape index (κ3) is 4.83. The highest BCUT2D eigenvalue weighted by atomic mass is 19.1. The Morgan fingerprint density at radius 1 is 1.00 bits per heavy atom. The van der Waals surface area contributed by atoms with Crippen LogP contribution in [0.15, 0.2) is 72.8 Å². The molecule has 0 spiro atoms. The molecule has 0 amide bonds. The highest BCUT2D eigenvalue weighted by Crippen LogP contribution is 2.47. The second kappa shape index (κ2) is 10.2. The van der Waals surface area contributed by atoms with Gasteiger partial charge >= 0.3 is 0 Å². The van der Waals surface area contributed by atoms with Gasteiger partial charge in [0.25, 0.3) is 0 Å². The molecule has 4 atom stereocenters. The van der Waals surface area contributed by atoms with Gasteiger partial charge in [0.05, 0.1) is 6.67 Å². The van der Waals surface area contributed by atoms with Gasteiger partial charge in [-0.15, -0.1) is 0 Å². The van der Waals surface area contributed by atoms with E-state index in [4.69, 9.17) is 4.74 Å². The van der Waals surface area contributed by atoms with E-state index < -0.39 is 0 Å². The number of phenols is 1. The number of phenolic OH excluding ortho intramolecular Hbond substituents is 1. The second-order valence-electron chi connectivity index (χ2n) is 9.95. The van der Waals surface area contributed by atoms with Gasteiger partial charge in [-0.1, -0.05) is 48.5 Å². The van der Waals surface area contributed by atoms with E-state index in [1.54, 1.807) is 0 Å². The number of alkyl halides is 1. The number of hydrogen-bond donors (Lipinski definition) is 1. The van der Waals surface area contributed by atoms with Crippen molar-refractivity contribution in [2.45, 2.75) is 44.1 Å². The minimum absolute atomic E-state index is 0.180. The second-order valence-corrected chi connectivity index (χ2v) is 9.95. The van der Waals surface area contributed by atoms with Crippen LogP contribution < -0.4 is 4.74 Å². The van der Waals surface area contributed by atoms with E-state index in [0.717, 1.165) is 38.1 Å². The first-order valence-electron chi connectivity index (χ1n) is 12.5. The molecule has 0 saturated carbocycles. The van der Waals surface area contributed by atoms with Crippen LogP contribution in [0.4, 0.5) is 4.39 Å². The van der Waals surface area contributed by atoms with E-state index >= 15 is 0 Å². The number of aryl methyl sites for hydroxylation is 1. The Hall–Kier alpha value is -2.85. The number of ether oxygens (including phenoxy) is 1. The van der Waals surface area contributed by atoms with Crippen molar-refractivity contribution in [3.63, 3.8) is 0 Å². The van der Waals surface area contributed by atoms with Crippen LogP contribution in [0.2, 0.25) is 0 Å². The van der Waals surface area contributed by atoms with Crippen molar-refractivity contribution in [3.05, 3.63) is 95.1 Å². The average molecular weight is 460 g/mol. The number of aromatic hydroxyl groups is 1. The first-order chi connectivity index (χ1) is 16.6. The van der Waals surface area contributed by atoms with Gasteiger partial charge in [0.1, 0.15) is 18.1 Å². The molecule has 0 bridgehead atoms. The summed E-state index contributed by atoms with van der Waals surface area (Å²) >= 11 is 0. The first-order valence-corrected chi connectivity index (χ1v) is 12.5. The van der Waals surface area contributed by atoms with E-state index in [1.807, 2.05) is 12.1 Å². The van der Waals surface area contributed by atoms with Crippen LogP contribution in [0.5, 0.6) is 11.5 Å². The summed E-state index contributed by atoms with van der Waals surface area (Å²) in [7, 11) is 0. The lowest BCUT2D eigenvalue weighted by Crippen LogP contribution is -2.35. The Morgan fingerprint density at radius 2 is 1.79 bits per heavy atom. The summed E-state index contributed by atoms with van der Waals surface area (Å²) in [5, 5.41) is 10.0. The van der Waals surface area contributed by atoms with Crippen molar-refractivity contribution in [3.8, 4) is 11.5 Å². The first kappa shape index (κ1) is 22.9. The maximum atomic E-state index is 13.0. The summed E-state index contributed by atoms with van der Waals surface area (Å²) in [6.07, 6.45) is 2.97. The topological polar surface area (TPSA) is 32.7 Å². The molecular formula is C30H34FNO2. The van der Waals surface area contributed by atoms with Crippen LogP contribution in [0.3, 0.4) is 0 Å². The van der Waals surface area contributed by atoms with Crippen LogP contribution in [0, 0.1) is 5.92 Å². The molecule has 1 saturated heterocycles. The molecule has 2 unspecified atom stereocenters. The Morgan fingerprint density at radius 3 is 2.53 bits per heavy atom. The van der Waals surface area contributed by atoms with E-state index in [-0.39, 0.29) is 24.6 Å². The van der Waals surface area contributed by atoms with Gasteiger partial charge in [0.2, 0.25) is 0 Å². The minimum atomic E-state index is -0.223. The van der Waals surface area contributed by atoms with Crippen molar-refractivity contribution in [1.82, 2.24) is 4.90 Å². The zero-order valence-corrected chi connectivity index (χ0v) is 19.9. The molecule has 1 heterocycles. The van der Waals surface area contributed by atoms with Crippen molar-refractivity contribution < 1.29 is 14.2 Å². The summed E-state index contributed by atoms with van der Waals surface area (Å²) in [6, 6.07) is 25.4. The third-order valence-corrected chi connectivity index (χ3v) is 7.71. The Labute approximate surface area is 202 Å². The zero-order chi connectivity index (χ0) is 23.5. The van der Waals surface area contributed by atoms with Crippen LogP contribution in [-0.2, 0) is 6.42 Å². The minimum Gasteiger partial charge on any atom is -0.508 e. The average Bonchev–Trinajstić information content (AvgIpc) is 3.37. The number of likely N-dealkylation sites (tertiary alicyclic amines) is 1. The number of fused-ring (bicyclic) bond motifs is 1. The van der Waals surface area contributed by atoms with Crippen molar-refractivity contribution in [2.75, 3.05) is 26.4 Å². The number of nitrogens with zero attached hydrogens (tertiary/aromatic N) is 1. The fourth-order valence-corrected chi connectivity index (χ4v) is 5.76. The molecule has 3 aromatic carbocycles. The molecule has 34 heavy (non-hydrogen) atoms. The smallest absolute Gasteiger partial charge is 0.119 e. The predicted molar refractivity (Wildman–Crippen MR) is 135 cm³/mol. The largest absolute Gasteiger partial charge is 0.508 e. The monoisotopic (exact) mass is 459 g/mol. The fourth-order valence-electron chi connectivity index (χ4n) is 5.76. The van der Waals surface area contributed by atoms with E-state index in [0.29, 0.717) is 18.3 Å². The van der Waals surface area contributed by atoms with Crippen molar-refractivity contribution >= 4 is 0 Å². The fraction of sp³-hybridized carbons (Fsp3) is 0.400. The molecule has 0 aromatic heterocycles. The van der Waals surface area contributed by atoms with Gasteiger partial charge in [0.15, 0.2) is 0 Å². The molecule has 3 nitrogen and oxygen atoms in total. The van der Waals surface area contributed by atoms with E-state index in [1.165, 1.54) is 22.3 Å². The Balaban J connectivity index is 1.34. The highest BCUT2D eigenvalue weighted by Gasteiger charge is 2.32. The number of rotatable bonds is 7. The lowest BCUT2D eigenvalue weighted by atomic mass is 9.69. The van der Waals surface area contributed by atoms with Crippen LogP contribution in [0.1, 0.15) is 53.9 Å². The summed E-state index contributed by atoms with van der Waals surface area (Å²) in [5.41, 5.74) is 5.17. The summed E-state index contributed by atoms with van der Waals surface area (Å²) in [4.78, 5) is 2.33. The number of hydrogen-bond acceptors (Lipinski definition) is 3. The number of halogens is 1. The van der Waals surface area contributed by atoms with Gasteiger partial charge in [0, 0.05) is 24.4 Å². The molecule has 1 aliphatic carbocycles. The highest BCUT2D eigenvalue weighted by molar-refractivity contribution is 5.48. The normalized spacial score (nSPS) is 23.4. The molecule has 1 aliphatic heterocycles. The molecular weight excluding hydrogens is 425 g/mol. The third-order valence-electron chi connectivity index (χ3n) is 7.71. The lowest BCUT2D eigenvalue weighted by Gasteiger charge is -2.35. The van der Waals surface area contributed by atoms with Crippen LogP contribution >= 0.6 is 0 Å². The van der Waals surface area contributed by atoms with Gasteiger partial charge < -0.3 is 9.84 Å². The molecule has 5 rings (SSSR count). The van der Waals surface area contributed by atoms with Gasteiger partial charge in [-0.05, 0) is 85.2 Å². The molecule has 1 fully saturated rings. The summed E-state index contributed by atoms with van der Waals surface area (Å²) < 4.78 is 19.1. The Bertz CT molecular complexity index is 1080.